The van der Waals surface area contributed by atoms with Crippen molar-refractivity contribution in [3.8, 4) is 0 Å². The lowest BCUT2D eigenvalue weighted by Gasteiger charge is -2.09. The average molecular weight is 226 g/mol. The van der Waals surface area contributed by atoms with Gasteiger partial charge in [-0.05, 0) is 35.5 Å². The van der Waals surface area contributed by atoms with Crippen LogP contribution in [0.1, 0.15) is 29.8 Å². The van der Waals surface area contributed by atoms with Gasteiger partial charge in [0.15, 0.2) is 0 Å². The van der Waals surface area contributed by atoms with Crippen molar-refractivity contribution in [3.63, 3.8) is 0 Å². The minimum atomic E-state index is -0.389. The van der Waals surface area contributed by atoms with Crippen LogP contribution < -0.4 is 11.1 Å². The molecule has 1 fully saturated rings. The van der Waals surface area contributed by atoms with E-state index >= 15 is 0 Å². The van der Waals surface area contributed by atoms with Crippen LogP contribution in [0.4, 0.5) is 5.82 Å². The highest BCUT2D eigenvalue weighted by Crippen LogP contribution is 2.24. The van der Waals surface area contributed by atoms with E-state index in [-0.39, 0.29) is 23.5 Å². The third kappa shape index (κ3) is 2.30. The SMILES string of the molecule is Nc1nonc1C(=O)NCC1CCC(O)C1. The number of hydrogen-bond donors (Lipinski definition) is 3. The number of amides is 1. The topological polar surface area (TPSA) is 114 Å². The molecule has 0 aliphatic heterocycles. The Morgan fingerprint density at radius 3 is 2.94 bits per heavy atom. The summed E-state index contributed by atoms with van der Waals surface area (Å²) >= 11 is 0. The first kappa shape index (κ1) is 10.9. The summed E-state index contributed by atoms with van der Waals surface area (Å²) < 4.78 is 4.33. The number of nitrogens with two attached hydrogens (primary N) is 1. The molecule has 1 aliphatic carbocycles. The first-order valence-electron chi connectivity index (χ1n) is 5.21. The second-order valence-corrected chi connectivity index (χ2v) is 4.04. The number of carbonyl (C=O) groups is 1. The van der Waals surface area contributed by atoms with Crippen molar-refractivity contribution in [3.05, 3.63) is 5.69 Å². The van der Waals surface area contributed by atoms with E-state index in [0.717, 1.165) is 19.3 Å². The Labute approximate surface area is 92.0 Å². The van der Waals surface area contributed by atoms with Crippen LogP contribution in [0.2, 0.25) is 0 Å². The van der Waals surface area contributed by atoms with Gasteiger partial charge in [0, 0.05) is 6.54 Å². The Bertz CT molecular complexity index is 379. The molecule has 1 aromatic rings. The third-order valence-electron chi connectivity index (χ3n) is 2.79. The molecule has 4 N–H and O–H groups in total. The Balaban J connectivity index is 1.82. The van der Waals surface area contributed by atoms with E-state index < -0.39 is 0 Å². The van der Waals surface area contributed by atoms with Crippen LogP contribution in [0, 0.1) is 5.92 Å². The average Bonchev–Trinajstić information content (AvgIpc) is 2.84. The third-order valence-corrected chi connectivity index (χ3v) is 2.79. The second kappa shape index (κ2) is 4.48. The summed E-state index contributed by atoms with van der Waals surface area (Å²) in [4.78, 5) is 11.5. The zero-order valence-electron chi connectivity index (χ0n) is 8.72. The van der Waals surface area contributed by atoms with Crippen molar-refractivity contribution in [2.24, 2.45) is 5.92 Å². The van der Waals surface area contributed by atoms with Gasteiger partial charge in [-0.2, -0.15) is 0 Å². The molecule has 88 valence electrons. The normalized spacial score (nSPS) is 24.6. The summed E-state index contributed by atoms with van der Waals surface area (Å²) in [7, 11) is 0. The van der Waals surface area contributed by atoms with Crippen LogP contribution >= 0.6 is 0 Å². The van der Waals surface area contributed by atoms with E-state index in [1.807, 2.05) is 0 Å². The number of aliphatic hydroxyl groups is 1. The molecule has 2 unspecified atom stereocenters. The molecule has 0 saturated heterocycles. The summed E-state index contributed by atoms with van der Waals surface area (Å²) in [6.45, 7) is 0.516. The van der Waals surface area contributed by atoms with Gasteiger partial charge in [-0.15, -0.1) is 0 Å². The van der Waals surface area contributed by atoms with Crippen molar-refractivity contribution in [1.82, 2.24) is 15.6 Å². The van der Waals surface area contributed by atoms with Crippen LogP contribution in [0.15, 0.2) is 4.63 Å². The van der Waals surface area contributed by atoms with Gasteiger partial charge in [-0.3, -0.25) is 4.79 Å². The molecule has 0 spiro atoms. The molecule has 7 nitrogen and oxygen atoms in total. The molecule has 7 heteroatoms. The lowest BCUT2D eigenvalue weighted by atomic mass is 10.1. The molecule has 2 rings (SSSR count). The lowest BCUT2D eigenvalue weighted by Crippen LogP contribution is -2.29. The van der Waals surface area contributed by atoms with Crippen molar-refractivity contribution in [2.75, 3.05) is 12.3 Å². The Hall–Kier alpha value is -1.63. The van der Waals surface area contributed by atoms with Crippen LogP contribution in [0.25, 0.3) is 0 Å². The van der Waals surface area contributed by atoms with Crippen LogP contribution in [-0.2, 0) is 0 Å². The Kier molecular flexibility index (Phi) is 3.04. The van der Waals surface area contributed by atoms with E-state index in [4.69, 9.17) is 5.73 Å². The summed E-state index contributed by atoms with van der Waals surface area (Å²) in [6.07, 6.45) is 2.22. The number of aliphatic hydroxyl groups excluding tert-OH is 1. The summed E-state index contributed by atoms with van der Waals surface area (Å²) in [5, 5.41) is 18.7. The smallest absolute Gasteiger partial charge is 0.277 e. The number of hydrogen-bond acceptors (Lipinski definition) is 6. The van der Waals surface area contributed by atoms with Crippen molar-refractivity contribution in [1.29, 1.82) is 0 Å². The largest absolute Gasteiger partial charge is 0.393 e. The first-order chi connectivity index (χ1) is 7.66. The van der Waals surface area contributed by atoms with E-state index in [9.17, 15) is 9.90 Å². The lowest BCUT2D eigenvalue weighted by molar-refractivity contribution is 0.0936. The number of rotatable bonds is 3. The molecular weight excluding hydrogens is 212 g/mol. The number of anilines is 1. The van der Waals surface area contributed by atoms with Gasteiger partial charge in [-0.1, -0.05) is 0 Å². The zero-order valence-corrected chi connectivity index (χ0v) is 8.72. The molecule has 0 aromatic carbocycles. The molecule has 0 bridgehead atoms. The number of nitrogens with one attached hydrogen (secondary N) is 1. The molecule has 1 aliphatic rings. The number of aromatic nitrogens is 2. The predicted octanol–water partition coefficient (Wildman–Crippen LogP) is -0.457. The molecule has 0 radical (unpaired) electrons. The Morgan fingerprint density at radius 1 is 1.56 bits per heavy atom. The molecule has 1 saturated carbocycles. The van der Waals surface area contributed by atoms with Gasteiger partial charge < -0.3 is 16.2 Å². The predicted molar refractivity (Wildman–Crippen MR) is 54.4 cm³/mol. The van der Waals surface area contributed by atoms with Crippen molar-refractivity contribution in [2.45, 2.75) is 25.4 Å². The summed E-state index contributed by atoms with van der Waals surface area (Å²) in [5.74, 6) is -0.0795. The van der Waals surface area contributed by atoms with E-state index in [0.29, 0.717) is 12.5 Å². The fourth-order valence-corrected chi connectivity index (χ4v) is 1.91. The fraction of sp³-hybridized carbons (Fsp3) is 0.667. The maximum Gasteiger partial charge on any atom is 0.277 e. The Morgan fingerprint density at radius 2 is 2.38 bits per heavy atom. The van der Waals surface area contributed by atoms with Gasteiger partial charge in [0.1, 0.15) is 0 Å². The fourth-order valence-electron chi connectivity index (χ4n) is 1.91. The highest BCUT2D eigenvalue weighted by molar-refractivity contribution is 5.95. The van der Waals surface area contributed by atoms with Gasteiger partial charge in [0.05, 0.1) is 6.10 Å². The molecule has 1 aromatic heterocycles. The van der Waals surface area contributed by atoms with Crippen molar-refractivity contribution < 1.29 is 14.5 Å². The minimum absolute atomic E-state index is 0.0102. The highest BCUT2D eigenvalue weighted by Gasteiger charge is 2.24. The standard InChI is InChI=1S/C9H14N4O3/c10-8-7(12-16-13-8)9(15)11-4-5-1-2-6(14)3-5/h5-6,14H,1-4H2,(H2,10,13)(H,11,15). The maximum absolute atomic E-state index is 11.5. The van der Waals surface area contributed by atoms with E-state index in [2.05, 4.69) is 20.3 Å². The summed E-state index contributed by atoms with van der Waals surface area (Å²) in [5.41, 5.74) is 5.39. The van der Waals surface area contributed by atoms with Crippen LogP contribution in [-0.4, -0.2) is 34.0 Å². The molecular formula is C9H14N4O3. The second-order valence-electron chi connectivity index (χ2n) is 4.04. The highest BCUT2D eigenvalue weighted by atomic mass is 16.6. The minimum Gasteiger partial charge on any atom is -0.393 e. The van der Waals surface area contributed by atoms with Gasteiger partial charge in [0.2, 0.25) is 11.5 Å². The molecule has 16 heavy (non-hydrogen) atoms. The van der Waals surface area contributed by atoms with Crippen molar-refractivity contribution >= 4 is 11.7 Å². The summed E-state index contributed by atoms with van der Waals surface area (Å²) in [6, 6.07) is 0. The maximum atomic E-state index is 11.5. The number of nitrogens with zero attached hydrogens (tertiary/aromatic N) is 2. The molecule has 1 heterocycles. The van der Waals surface area contributed by atoms with E-state index in [1.165, 1.54) is 0 Å². The number of carbonyl (C=O) groups excluding carboxylic acids is 1. The quantitative estimate of drug-likeness (QED) is 0.642. The van der Waals surface area contributed by atoms with E-state index in [1.54, 1.807) is 0 Å². The monoisotopic (exact) mass is 226 g/mol. The molecule has 2 atom stereocenters. The number of nitrogen functional groups attached to an aromatic ring is 1. The molecule has 1 amide bonds. The van der Waals surface area contributed by atoms with Crippen LogP contribution in [0.5, 0.6) is 0 Å². The van der Waals surface area contributed by atoms with Gasteiger partial charge >= 0.3 is 0 Å². The van der Waals surface area contributed by atoms with Crippen LogP contribution in [0.3, 0.4) is 0 Å². The first-order valence-corrected chi connectivity index (χ1v) is 5.21. The van der Waals surface area contributed by atoms with Gasteiger partial charge in [-0.25, -0.2) is 4.63 Å². The van der Waals surface area contributed by atoms with Gasteiger partial charge in [0.25, 0.3) is 5.91 Å². The zero-order chi connectivity index (χ0) is 11.5.